The number of nitrogens with zero attached hydrogens (tertiary/aromatic N) is 2. The molecular formula is C17H19N3O. The first-order valence-electron chi connectivity index (χ1n) is 7.34. The average Bonchev–Trinajstić information content (AvgIpc) is 3.03. The minimum Gasteiger partial charge on any atom is -0.352 e. The van der Waals surface area contributed by atoms with E-state index in [-0.39, 0.29) is 11.8 Å². The van der Waals surface area contributed by atoms with E-state index in [4.69, 9.17) is 0 Å². The zero-order valence-corrected chi connectivity index (χ0v) is 11.9. The van der Waals surface area contributed by atoms with E-state index in [9.17, 15) is 4.79 Å². The van der Waals surface area contributed by atoms with E-state index in [0.29, 0.717) is 6.54 Å². The van der Waals surface area contributed by atoms with Crippen molar-refractivity contribution in [1.29, 1.82) is 0 Å². The lowest BCUT2D eigenvalue weighted by molar-refractivity contribution is -0.125. The largest absolute Gasteiger partial charge is 0.352 e. The van der Waals surface area contributed by atoms with Gasteiger partial charge in [-0.3, -0.25) is 4.79 Å². The molecule has 0 aliphatic heterocycles. The number of carbonyl (C=O) groups is 1. The fourth-order valence-electron chi connectivity index (χ4n) is 2.54. The lowest BCUT2D eigenvalue weighted by Gasteiger charge is -2.16. The van der Waals surface area contributed by atoms with Crippen molar-refractivity contribution >= 4 is 5.91 Å². The van der Waals surface area contributed by atoms with Crippen LogP contribution in [0.1, 0.15) is 24.8 Å². The molecule has 1 N–H and O–H groups in total. The molecule has 1 amide bonds. The van der Waals surface area contributed by atoms with E-state index in [1.54, 1.807) is 6.20 Å². The third-order valence-corrected chi connectivity index (χ3v) is 3.76. The molecule has 1 aliphatic rings. The van der Waals surface area contributed by atoms with E-state index in [2.05, 4.69) is 22.6 Å². The minimum absolute atomic E-state index is 0.124. The molecule has 0 fully saturated rings. The number of rotatable bonds is 4. The Kier molecular flexibility index (Phi) is 4.15. The summed E-state index contributed by atoms with van der Waals surface area (Å²) in [6, 6.07) is 9.95. The van der Waals surface area contributed by atoms with Crippen LogP contribution in [-0.4, -0.2) is 15.7 Å². The van der Waals surface area contributed by atoms with Crippen LogP contribution in [0.3, 0.4) is 0 Å². The number of benzene rings is 1. The molecule has 3 rings (SSSR count). The summed E-state index contributed by atoms with van der Waals surface area (Å²) in [6.07, 6.45) is 10.8. The number of carbonyl (C=O) groups excluding carboxylic acids is 1. The maximum atomic E-state index is 12.1. The molecule has 0 saturated heterocycles. The average molecular weight is 281 g/mol. The number of hydrogen-bond donors (Lipinski definition) is 1. The van der Waals surface area contributed by atoms with Gasteiger partial charge in [-0.1, -0.05) is 30.4 Å². The molecule has 1 aromatic carbocycles. The third kappa shape index (κ3) is 3.40. The van der Waals surface area contributed by atoms with Crippen molar-refractivity contribution in [1.82, 2.24) is 15.1 Å². The van der Waals surface area contributed by atoms with Crippen LogP contribution in [0.5, 0.6) is 0 Å². The van der Waals surface area contributed by atoms with Crippen LogP contribution >= 0.6 is 0 Å². The second-order valence-corrected chi connectivity index (χ2v) is 5.33. The normalized spacial score (nSPS) is 17.6. The van der Waals surface area contributed by atoms with Crippen LogP contribution in [0.2, 0.25) is 0 Å². The summed E-state index contributed by atoms with van der Waals surface area (Å²) >= 11 is 0. The predicted octanol–water partition coefficient (Wildman–Crippen LogP) is 2.84. The Morgan fingerprint density at radius 3 is 2.90 bits per heavy atom. The first kappa shape index (κ1) is 13.6. The molecule has 1 aromatic heterocycles. The maximum Gasteiger partial charge on any atom is 0.223 e. The molecule has 0 spiro atoms. The van der Waals surface area contributed by atoms with Crippen LogP contribution in [-0.2, 0) is 11.3 Å². The van der Waals surface area contributed by atoms with Crippen LogP contribution in [0.4, 0.5) is 0 Å². The van der Waals surface area contributed by atoms with Gasteiger partial charge in [0.1, 0.15) is 0 Å². The molecule has 2 aromatic rings. The monoisotopic (exact) mass is 281 g/mol. The van der Waals surface area contributed by atoms with Crippen molar-refractivity contribution in [3.8, 4) is 5.69 Å². The minimum atomic E-state index is 0.124. The summed E-state index contributed by atoms with van der Waals surface area (Å²) in [5.74, 6) is 0.269. The molecule has 1 aliphatic carbocycles. The third-order valence-electron chi connectivity index (χ3n) is 3.76. The van der Waals surface area contributed by atoms with Gasteiger partial charge in [0.2, 0.25) is 5.91 Å². The maximum absolute atomic E-state index is 12.1. The van der Waals surface area contributed by atoms with E-state index < -0.39 is 0 Å². The zero-order valence-electron chi connectivity index (χ0n) is 11.9. The summed E-state index contributed by atoms with van der Waals surface area (Å²) in [7, 11) is 0. The summed E-state index contributed by atoms with van der Waals surface area (Å²) in [5, 5.41) is 7.34. The number of allylic oxidation sites excluding steroid dienone is 2. The number of nitrogens with one attached hydrogen (secondary N) is 1. The van der Waals surface area contributed by atoms with Gasteiger partial charge in [0.05, 0.1) is 11.9 Å². The Hall–Kier alpha value is -2.36. The Labute approximate surface area is 124 Å². The summed E-state index contributed by atoms with van der Waals surface area (Å²) in [6.45, 7) is 0.534. The number of para-hydroxylation sites is 1. The predicted molar refractivity (Wildman–Crippen MR) is 81.9 cm³/mol. The summed E-state index contributed by atoms with van der Waals surface area (Å²) in [4.78, 5) is 12.1. The molecule has 0 bridgehead atoms. The molecule has 1 heterocycles. The quantitative estimate of drug-likeness (QED) is 0.876. The smallest absolute Gasteiger partial charge is 0.223 e. The summed E-state index contributed by atoms with van der Waals surface area (Å²) < 4.78 is 1.82. The highest BCUT2D eigenvalue weighted by Crippen LogP contribution is 2.18. The van der Waals surface area contributed by atoms with Crippen molar-refractivity contribution in [2.75, 3.05) is 0 Å². The molecule has 108 valence electrons. The van der Waals surface area contributed by atoms with Gasteiger partial charge >= 0.3 is 0 Å². The molecular weight excluding hydrogens is 262 g/mol. The molecule has 21 heavy (non-hydrogen) atoms. The van der Waals surface area contributed by atoms with Gasteiger partial charge in [-0.15, -0.1) is 0 Å². The first-order chi connectivity index (χ1) is 10.3. The van der Waals surface area contributed by atoms with Gasteiger partial charge in [0.25, 0.3) is 0 Å². The second-order valence-electron chi connectivity index (χ2n) is 5.33. The van der Waals surface area contributed by atoms with Crippen molar-refractivity contribution < 1.29 is 4.79 Å². The van der Waals surface area contributed by atoms with Gasteiger partial charge in [-0.05, 0) is 31.4 Å². The molecule has 0 radical (unpaired) electrons. The fourth-order valence-corrected chi connectivity index (χ4v) is 2.54. The number of aromatic nitrogens is 2. The zero-order chi connectivity index (χ0) is 14.5. The van der Waals surface area contributed by atoms with Gasteiger partial charge in [0.15, 0.2) is 0 Å². The van der Waals surface area contributed by atoms with Crippen molar-refractivity contribution in [2.45, 2.75) is 25.8 Å². The second kappa shape index (κ2) is 6.39. The van der Waals surface area contributed by atoms with E-state index in [0.717, 1.165) is 30.5 Å². The van der Waals surface area contributed by atoms with Crippen molar-refractivity contribution in [2.24, 2.45) is 5.92 Å². The Morgan fingerprint density at radius 2 is 2.14 bits per heavy atom. The summed E-state index contributed by atoms with van der Waals surface area (Å²) in [5.41, 5.74) is 2.03. The molecule has 4 heteroatoms. The molecule has 1 atom stereocenters. The van der Waals surface area contributed by atoms with Crippen molar-refractivity contribution in [3.05, 3.63) is 60.4 Å². The lowest BCUT2D eigenvalue weighted by atomic mass is 9.94. The van der Waals surface area contributed by atoms with Crippen LogP contribution in [0.15, 0.2) is 54.9 Å². The van der Waals surface area contributed by atoms with E-state index in [1.807, 2.05) is 41.2 Å². The Bertz CT molecular complexity index is 630. The van der Waals surface area contributed by atoms with Crippen LogP contribution in [0.25, 0.3) is 5.69 Å². The van der Waals surface area contributed by atoms with E-state index >= 15 is 0 Å². The van der Waals surface area contributed by atoms with Crippen LogP contribution in [0, 0.1) is 5.92 Å². The molecule has 0 unspecified atom stereocenters. The number of hydrogen-bond acceptors (Lipinski definition) is 2. The fraction of sp³-hybridized carbons (Fsp3) is 0.294. The molecule has 0 saturated carbocycles. The highest BCUT2D eigenvalue weighted by molar-refractivity contribution is 5.78. The Morgan fingerprint density at radius 1 is 1.29 bits per heavy atom. The van der Waals surface area contributed by atoms with Crippen molar-refractivity contribution in [3.63, 3.8) is 0 Å². The molecule has 4 nitrogen and oxygen atoms in total. The first-order valence-corrected chi connectivity index (χ1v) is 7.34. The SMILES string of the molecule is O=C(NCc1cnn(-c2ccccc2)c1)[C@H]1CC=CCC1. The van der Waals surface area contributed by atoms with Gasteiger partial charge < -0.3 is 5.32 Å². The Balaban J connectivity index is 1.58. The topological polar surface area (TPSA) is 46.9 Å². The van der Waals surface area contributed by atoms with Gasteiger partial charge in [-0.2, -0.15) is 5.10 Å². The van der Waals surface area contributed by atoms with E-state index in [1.165, 1.54) is 0 Å². The number of amides is 1. The highest BCUT2D eigenvalue weighted by Gasteiger charge is 2.18. The van der Waals surface area contributed by atoms with Gasteiger partial charge in [0, 0.05) is 24.2 Å². The van der Waals surface area contributed by atoms with Gasteiger partial charge in [-0.25, -0.2) is 4.68 Å². The lowest BCUT2D eigenvalue weighted by Crippen LogP contribution is -2.30. The standard InChI is InChI=1S/C17H19N3O/c21-17(15-7-3-1-4-8-15)18-11-14-12-19-20(13-14)16-9-5-2-6-10-16/h1-3,5-6,9-10,12-13,15H,4,7-8,11H2,(H,18,21)/t15-/m0/s1. The highest BCUT2D eigenvalue weighted by atomic mass is 16.1. The van der Waals surface area contributed by atoms with Crippen LogP contribution < -0.4 is 5.32 Å².